The number of benzene rings is 2. The Bertz CT molecular complexity index is 1110. The van der Waals surface area contributed by atoms with Crippen LogP contribution < -0.4 is 8.37 Å². The summed E-state index contributed by atoms with van der Waals surface area (Å²) in [7, 11) is -9.14. The fourth-order valence-electron chi connectivity index (χ4n) is 3.31. The molecule has 10 nitrogen and oxygen atoms in total. The first-order valence-corrected chi connectivity index (χ1v) is 12.9. The molecule has 2 aromatic rings. The van der Waals surface area contributed by atoms with Gasteiger partial charge in [0, 0.05) is 0 Å². The topological polar surface area (TPSA) is 164 Å². The summed E-state index contributed by atoms with van der Waals surface area (Å²) in [6.45, 7) is 0. The number of unbranched alkanes of at least 4 members (excludes halogenated alkanes) is 3. The molecule has 0 fully saturated rings. The Morgan fingerprint density at radius 3 is 1.64 bits per heavy atom. The smallest absolute Gasteiger partial charge is 0.446 e. The van der Waals surface area contributed by atoms with Crippen LogP contribution in [0.3, 0.4) is 0 Å². The average Bonchev–Trinajstić information content (AvgIpc) is 2.69. The van der Waals surface area contributed by atoms with Crippen LogP contribution >= 0.6 is 0 Å². The van der Waals surface area contributed by atoms with Crippen molar-refractivity contribution in [3.63, 3.8) is 0 Å². The van der Waals surface area contributed by atoms with E-state index in [-0.39, 0.29) is 11.5 Å². The fraction of sp³-hybridized carbons (Fsp3) is 0.381. The molecule has 0 aliphatic heterocycles. The number of carbonyl (C=O) groups is 1. The molecular formula is C21H26O10S2. The molecule has 33 heavy (non-hydrogen) atoms. The van der Waals surface area contributed by atoms with E-state index in [1.807, 2.05) is 0 Å². The lowest BCUT2D eigenvalue weighted by molar-refractivity contribution is -0.142. The van der Waals surface area contributed by atoms with Gasteiger partial charge in [-0.25, -0.2) is 0 Å². The van der Waals surface area contributed by atoms with Gasteiger partial charge in [0.15, 0.2) is 0 Å². The first kappa shape index (κ1) is 26.6. The number of rotatable bonds is 14. The van der Waals surface area contributed by atoms with Gasteiger partial charge in [0.1, 0.15) is 11.5 Å². The number of carboxylic acids is 1. The van der Waals surface area contributed by atoms with Crippen molar-refractivity contribution < 1.29 is 44.2 Å². The van der Waals surface area contributed by atoms with E-state index in [9.17, 15) is 26.7 Å². The molecule has 2 rings (SSSR count). The van der Waals surface area contributed by atoms with Crippen molar-refractivity contribution in [1.82, 2.24) is 0 Å². The Morgan fingerprint density at radius 2 is 1.18 bits per heavy atom. The minimum atomic E-state index is -4.60. The quantitative estimate of drug-likeness (QED) is 0.257. The summed E-state index contributed by atoms with van der Waals surface area (Å²) in [4.78, 5) is 11.6. The lowest BCUT2D eigenvalue weighted by Crippen LogP contribution is -2.16. The van der Waals surface area contributed by atoms with E-state index < -0.39 is 32.7 Å². The van der Waals surface area contributed by atoms with Gasteiger partial charge in [0.2, 0.25) is 0 Å². The Balaban J connectivity index is 1.71. The molecule has 0 radical (unpaired) electrons. The van der Waals surface area contributed by atoms with Crippen LogP contribution in [0.15, 0.2) is 48.5 Å². The highest BCUT2D eigenvalue weighted by Crippen LogP contribution is 2.21. The third kappa shape index (κ3) is 11.1. The van der Waals surface area contributed by atoms with Gasteiger partial charge in [0.05, 0.1) is 5.92 Å². The highest BCUT2D eigenvalue weighted by atomic mass is 32.3. The Morgan fingerprint density at radius 1 is 0.727 bits per heavy atom. The summed E-state index contributed by atoms with van der Waals surface area (Å²) in [5.74, 6) is -1.51. The molecule has 0 saturated heterocycles. The van der Waals surface area contributed by atoms with Crippen LogP contribution in [-0.2, 0) is 38.4 Å². The highest BCUT2D eigenvalue weighted by Gasteiger charge is 2.18. The maximum absolute atomic E-state index is 11.6. The monoisotopic (exact) mass is 502 g/mol. The summed E-state index contributed by atoms with van der Waals surface area (Å²) < 4.78 is 68.8. The molecule has 2 aromatic carbocycles. The van der Waals surface area contributed by atoms with Crippen molar-refractivity contribution >= 4 is 26.8 Å². The van der Waals surface area contributed by atoms with Crippen LogP contribution in [0, 0.1) is 5.92 Å². The van der Waals surface area contributed by atoms with Crippen molar-refractivity contribution in [1.29, 1.82) is 0 Å². The van der Waals surface area contributed by atoms with Gasteiger partial charge in [-0.1, -0.05) is 43.5 Å². The predicted octanol–water partition coefficient (Wildman–Crippen LogP) is 3.49. The highest BCUT2D eigenvalue weighted by molar-refractivity contribution is 7.81. The van der Waals surface area contributed by atoms with E-state index >= 15 is 0 Å². The molecule has 182 valence electrons. The van der Waals surface area contributed by atoms with E-state index in [4.69, 9.17) is 9.11 Å². The molecule has 0 aromatic heterocycles. The molecular weight excluding hydrogens is 476 g/mol. The lowest BCUT2D eigenvalue weighted by Gasteiger charge is -2.13. The minimum absolute atomic E-state index is 0.0292. The van der Waals surface area contributed by atoms with Crippen LogP contribution in [0.4, 0.5) is 0 Å². The maximum atomic E-state index is 11.6. The molecule has 0 aliphatic rings. The number of aliphatic carboxylic acids is 1. The largest absolute Gasteiger partial charge is 0.481 e. The maximum Gasteiger partial charge on any atom is 0.446 e. The Labute approximate surface area is 193 Å². The second-order valence-corrected chi connectivity index (χ2v) is 9.55. The van der Waals surface area contributed by atoms with Crippen LogP contribution in [0.25, 0.3) is 0 Å². The summed E-state index contributed by atoms with van der Waals surface area (Å²) in [5, 5.41) is 9.49. The zero-order valence-corrected chi connectivity index (χ0v) is 19.3. The molecule has 0 saturated carbocycles. The van der Waals surface area contributed by atoms with Gasteiger partial charge in [-0.05, 0) is 61.1 Å². The number of aryl methyl sites for hydroxylation is 1. The summed E-state index contributed by atoms with van der Waals surface area (Å²) in [6.07, 6.45) is 4.94. The molecule has 0 bridgehead atoms. The van der Waals surface area contributed by atoms with E-state index in [1.54, 1.807) is 24.3 Å². The number of carboxylic acid groups (broad SMARTS) is 1. The van der Waals surface area contributed by atoms with Crippen molar-refractivity contribution in [3.8, 4) is 11.5 Å². The lowest BCUT2D eigenvalue weighted by atomic mass is 9.93. The second-order valence-electron chi connectivity index (χ2n) is 7.50. The van der Waals surface area contributed by atoms with Gasteiger partial charge >= 0.3 is 26.8 Å². The minimum Gasteiger partial charge on any atom is -0.481 e. The van der Waals surface area contributed by atoms with Gasteiger partial charge in [-0.3, -0.25) is 13.9 Å². The summed E-state index contributed by atoms with van der Waals surface area (Å²) in [5.41, 5.74) is 1.70. The van der Waals surface area contributed by atoms with Crippen molar-refractivity contribution in [3.05, 3.63) is 59.7 Å². The summed E-state index contributed by atoms with van der Waals surface area (Å²) >= 11 is 0. The molecule has 0 aliphatic carbocycles. The standard InChI is InChI=1S/C21H26O10S2/c22-21(23)18(15-17-9-13-20(14-10-17)31-33(27,28)29)6-4-2-1-3-5-16-7-11-19(12-8-16)30-32(24,25)26/h7-14,18H,1-6,15H2,(H,22,23)(H,24,25,26)(H,27,28,29). The average molecular weight is 503 g/mol. The Kier molecular flexibility index (Phi) is 9.65. The van der Waals surface area contributed by atoms with Gasteiger partial charge < -0.3 is 13.5 Å². The summed E-state index contributed by atoms with van der Waals surface area (Å²) in [6, 6.07) is 12.2. The van der Waals surface area contributed by atoms with E-state index in [0.717, 1.165) is 37.7 Å². The Hall–Kier alpha value is -2.67. The normalized spacial score (nSPS) is 12.8. The van der Waals surface area contributed by atoms with Crippen LogP contribution in [0.5, 0.6) is 11.5 Å². The zero-order valence-electron chi connectivity index (χ0n) is 17.7. The third-order valence-electron chi connectivity index (χ3n) is 4.85. The van der Waals surface area contributed by atoms with E-state index in [0.29, 0.717) is 18.4 Å². The first-order chi connectivity index (χ1) is 15.4. The van der Waals surface area contributed by atoms with Gasteiger partial charge in [0.25, 0.3) is 0 Å². The van der Waals surface area contributed by atoms with E-state index in [1.165, 1.54) is 24.3 Å². The molecule has 0 spiro atoms. The molecule has 12 heteroatoms. The van der Waals surface area contributed by atoms with E-state index in [2.05, 4.69) is 8.37 Å². The third-order valence-corrected chi connectivity index (χ3v) is 5.66. The van der Waals surface area contributed by atoms with Crippen molar-refractivity contribution in [2.24, 2.45) is 5.92 Å². The first-order valence-electron chi connectivity index (χ1n) is 10.2. The molecule has 0 heterocycles. The van der Waals surface area contributed by atoms with Gasteiger partial charge in [-0.2, -0.15) is 16.8 Å². The zero-order chi connectivity index (χ0) is 24.5. The fourth-order valence-corrected chi connectivity index (χ4v) is 4.02. The van der Waals surface area contributed by atoms with Crippen LogP contribution in [0.1, 0.15) is 43.2 Å². The molecule has 1 atom stereocenters. The molecule has 0 amide bonds. The molecule has 3 N–H and O–H groups in total. The second kappa shape index (κ2) is 12.0. The van der Waals surface area contributed by atoms with Crippen molar-refractivity contribution in [2.45, 2.75) is 44.9 Å². The molecule has 1 unspecified atom stereocenters. The number of hydrogen-bond acceptors (Lipinski definition) is 7. The van der Waals surface area contributed by atoms with Gasteiger partial charge in [-0.15, -0.1) is 0 Å². The number of hydrogen-bond donors (Lipinski definition) is 3. The van der Waals surface area contributed by atoms with Crippen LogP contribution in [-0.4, -0.2) is 37.0 Å². The van der Waals surface area contributed by atoms with Crippen LogP contribution in [0.2, 0.25) is 0 Å². The van der Waals surface area contributed by atoms with Crippen molar-refractivity contribution in [2.75, 3.05) is 0 Å². The SMILES string of the molecule is O=C(O)C(CCCCCCc1ccc(OS(=O)(=O)O)cc1)Cc1ccc(OS(=O)(=O)O)cc1. The predicted molar refractivity (Wildman–Crippen MR) is 119 cm³/mol.